The average molecular weight is 291 g/mol. The third kappa shape index (κ3) is 3.03. The Labute approximate surface area is 99.2 Å². The van der Waals surface area contributed by atoms with Crippen LogP contribution in [0.2, 0.25) is 0 Å². The third-order valence-electron chi connectivity index (χ3n) is 1.71. The summed E-state index contributed by atoms with van der Waals surface area (Å²) in [6.07, 6.45) is 0. The Morgan fingerprint density at radius 2 is 2.12 bits per heavy atom. The van der Waals surface area contributed by atoms with E-state index < -0.39 is 28.1 Å². The van der Waals surface area contributed by atoms with E-state index in [4.69, 9.17) is 9.84 Å². The molecule has 0 heterocycles. The highest BCUT2D eigenvalue weighted by molar-refractivity contribution is 9.10. The lowest BCUT2D eigenvalue weighted by Gasteiger charge is -2.06. The van der Waals surface area contributed by atoms with E-state index in [0.717, 1.165) is 12.1 Å². The van der Waals surface area contributed by atoms with E-state index >= 15 is 0 Å². The second kappa shape index (κ2) is 5.07. The maximum Gasteiger partial charge on any atom is 0.338 e. The molecule has 0 saturated carbocycles. The summed E-state index contributed by atoms with van der Waals surface area (Å²) in [7, 11) is 0. The van der Waals surface area contributed by atoms with E-state index in [2.05, 4.69) is 15.9 Å². The van der Waals surface area contributed by atoms with Crippen LogP contribution >= 0.6 is 15.9 Å². The molecule has 4 nitrogen and oxygen atoms in total. The van der Waals surface area contributed by atoms with E-state index in [1.54, 1.807) is 6.92 Å². The first kappa shape index (κ1) is 12.6. The zero-order valence-corrected chi connectivity index (χ0v) is 9.82. The predicted octanol–water partition coefficient (Wildman–Crippen LogP) is 2.21. The molecule has 16 heavy (non-hydrogen) atoms. The molecule has 0 aliphatic heterocycles. The second-order valence-electron chi connectivity index (χ2n) is 2.98. The first-order chi connectivity index (χ1) is 7.41. The van der Waals surface area contributed by atoms with Crippen molar-refractivity contribution in [3.05, 3.63) is 29.6 Å². The molecular weight excluding hydrogens is 283 g/mol. The lowest BCUT2D eigenvalue weighted by Crippen LogP contribution is -2.17. The summed E-state index contributed by atoms with van der Waals surface area (Å²) in [5, 5.41) is 8.57. The molecule has 1 N–H and O–H groups in total. The summed E-state index contributed by atoms with van der Waals surface area (Å²) < 4.78 is 17.9. The number of esters is 1. The number of hydrogen-bond acceptors (Lipinski definition) is 3. The maximum absolute atomic E-state index is 13.2. The Balaban J connectivity index is 2.90. The zero-order chi connectivity index (χ0) is 12.3. The summed E-state index contributed by atoms with van der Waals surface area (Å²) in [6.45, 7) is 1.56. The fraction of sp³-hybridized carbons (Fsp3) is 0.200. The highest BCUT2D eigenvalue weighted by Gasteiger charge is 2.14. The molecule has 1 aromatic carbocycles. The molecular formula is C10H8BrFO4. The monoisotopic (exact) mass is 290 g/mol. The number of carboxylic acids is 1. The fourth-order valence-corrected chi connectivity index (χ4v) is 1.02. The van der Waals surface area contributed by atoms with Crippen LogP contribution in [-0.4, -0.2) is 21.9 Å². The van der Waals surface area contributed by atoms with E-state index in [-0.39, 0.29) is 5.75 Å². The van der Waals surface area contributed by atoms with Crippen LogP contribution < -0.4 is 4.74 Å². The van der Waals surface area contributed by atoms with Crippen LogP contribution in [0.25, 0.3) is 0 Å². The molecule has 0 aliphatic carbocycles. The van der Waals surface area contributed by atoms with Gasteiger partial charge in [-0.25, -0.2) is 9.18 Å². The van der Waals surface area contributed by atoms with E-state index in [0.29, 0.717) is 0 Å². The van der Waals surface area contributed by atoms with Crippen molar-refractivity contribution in [3.8, 4) is 5.75 Å². The Morgan fingerprint density at radius 1 is 1.50 bits per heavy atom. The van der Waals surface area contributed by atoms with Crippen molar-refractivity contribution < 1.29 is 23.8 Å². The highest BCUT2D eigenvalue weighted by atomic mass is 79.9. The van der Waals surface area contributed by atoms with Crippen molar-refractivity contribution in [2.24, 2.45) is 0 Å². The lowest BCUT2D eigenvalue weighted by molar-refractivity contribution is -0.133. The third-order valence-corrected chi connectivity index (χ3v) is 2.09. The van der Waals surface area contributed by atoms with Crippen LogP contribution in [-0.2, 0) is 4.79 Å². The predicted molar refractivity (Wildman–Crippen MR) is 57.4 cm³/mol. The Hall–Kier alpha value is -1.43. The van der Waals surface area contributed by atoms with Gasteiger partial charge in [0.25, 0.3) is 0 Å². The largest absolute Gasteiger partial charge is 0.478 e. The quantitative estimate of drug-likeness (QED) is 0.527. The van der Waals surface area contributed by atoms with Gasteiger partial charge in [-0.15, -0.1) is 0 Å². The standard InChI is InChI=1S/C10H8BrFO4/c1-5(11)10(15)16-6-2-3-7(9(13)14)8(12)4-6/h2-5H,1H3,(H,13,14). The minimum Gasteiger partial charge on any atom is -0.478 e. The topological polar surface area (TPSA) is 63.6 Å². The minimum absolute atomic E-state index is 0.0289. The van der Waals surface area contributed by atoms with Crippen LogP contribution in [0, 0.1) is 5.82 Å². The number of ether oxygens (including phenoxy) is 1. The summed E-state index contributed by atoms with van der Waals surface area (Å²) >= 11 is 2.99. The van der Waals surface area contributed by atoms with Crippen molar-refractivity contribution in [1.82, 2.24) is 0 Å². The van der Waals surface area contributed by atoms with E-state index in [1.165, 1.54) is 6.07 Å². The molecule has 0 amide bonds. The number of carbonyl (C=O) groups is 2. The van der Waals surface area contributed by atoms with E-state index in [1.807, 2.05) is 0 Å². The number of hydrogen-bond donors (Lipinski definition) is 1. The summed E-state index contributed by atoms with van der Waals surface area (Å²) in [5.41, 5.74) is -0.466. The van der Waals surface area contributed by atoms with Gasteiger partial charge in [0, 0.05) is 6.07 Å². The van der Waals surface area contributed by atoms with Crippen LogP contribution in [0.5, 0.6) is 5.75 Å². The number of benzene rings is 1. The van der Waals surface area contributed by atoms with Gasteiger partial charge < -0.3 is 9.84 Å². The molecule has 1 aromatic rings. The number of rotatable bonds is 3. The van der Waals surface area contributed by atoms with E-state index in [9.17, 15) is 14.0 Å². The molecule has 6 heteroatoms. The molecule has 0 spiro atoms. The number of halogens is 2. The van der Waals surface area contributed by atoms with Gasteiger partial charge in [0.15, 0.2) is 0 Å². The van der Waals surface area contributed by atoms with Crippen molar-refractivity contribution in [1.29, 1.82) is 0 Å². The van der Waals surface area contributed by atoms with Gasteiger partial charge in [-0.2, -0.15) is 0 Å². The van der Waals surface area contributed by atoms with Crippen molar-refractivity contribution in [3.63, 3.8) is 0 Å². The van der Waals surface area contributed by atoms with Gasteiger partial charge in [0.2, 0.25) is 0 Å². The number of carbonyl (C=O) groups excluding carboxylic acids is 1. The number of alkyl halides is 1. The van der Waals surface area contributed by atoms with Crippen LogP contribution in [0.3, 0.4) is 0 Å². The van der Waals surface area contributed by atoms with Gasteiger partial charge in [-0.3, -0.25) is 4.79 Å². The molecule has 1 atom stereocenters. The Morgan fingerprint density at radius 3 is 2.56 bits per heavy atom. The zero-order valence-electron chi connectivity index (χ0n) is 8.24. The average Bonchev–Trinajstić information content (AvgIpc) is 2.16. The van der Waals surface area contributed by atoms with Crippen molar-refractivity contribution in [2.45, 2.75) is 11.8 Å². The molecule has 86 valence electrons. The molecule has 0 radical (unpaired) electrons. The lowest BCUT2D eigenvalue weighted by atomic mass is 10.2. The molecule has 0 fully saturated rings. The maximum atomic E-state index is 13.2. The van der Waals surface area contributed by atoms with Gasteiger partial charge in [-0.05, 0) is 19.1 Å². The molecule has 1 unspecified atom stereocenters. The van der Waals surface area contributed by atoms with Gasteiger partial charge in [0.05, 0.1) is 5.56 Å². The molecule has 0 aromatic heterocycles. The summed E-state index contributed by atoms with van der Waals surface area (Å²) in [5.74, 6) is -2.93. The number of carboxylic acid groups (broad SMARTS) is 1. The highest BCUT2D eigenvalue weighted by Crippen LogP contribution is 2.18. The molecule has 0 saturated heterocycles. The first-order valence-corrected chi connectivity index (χ1v) is 5.22. The Kier molecular flexibility index (Phi) is 4.00. The summed E-state index contributed by atoms with van der Waals surface area (Å²) in [6, 6.07) is 3.12. The normalized spacial score (nSPS) is 11.9. The SMILES string of the molecule is CC(Br)C(=O)Oc1ccc(C(=O)O)c(F)c1. The van der Waals surface area contributed by atoms with Gasteiger partial charge in [0.1, 0.15) is 16.4 Å². The Bertz CT molecular complexity index is 431. The summed E-state index contributed by atoms with van der Waals surface area (Å²) in [4.78, 5) is 21.1. The van der Waals surface area contributed by atoms with Gasteiger partial charge in [-0.1, -0.05) is 15.9 Å². The molecule has 0 aliphatic rings. The van der Waals surface area contributed by atoms with Crippen LogP contribution in [0.15, 0.2) is 18.2 Å². The van der Waals surface area contributed by atoms with Crippen LogP contribution in [0.4, 0.5) is 4.39 Å². The fourth-order valence-electron chi connectivity index (χ4n) is 0.930. The van der Waals surface area contributed by atoms with Gasteiger partial charge >= 0.3 is 11.9 Å². The first-order valence-electron chi connectivity index (χ1n) is 4.30. The van der Waals surface area contributed by atoms with Crippen molar-refractivity contribution >= 4 is 27.9 Å². The smallest absolute Gasteiger partial charge is 0.338 e. The van der Waals surface area contributed by atoms with Crippen LogP contribution in [0.1, 0.15) is 17.3 Å². The second-order valence-corrected chi connectivity index (χ2v) is 4.36. The van der Waals surface area contributed by atoms with Crippen molar-refractivity contribution in [2.75, 3.05) is 0 Å². The molecule has 1 rings (SSSR count). The minimum atomic E-state index is -1.37. The molecule has 0 bridgehead atoms. The number of aromatic carboxylic acids is 1.